The SMILES string of the molecule is Cc1cc(C)c2nc(-c3ccc(C)o3)cc(C(=O)O)c2c1. The molecule has 2 aromatic heterocycles. The van der Waals surface area contributed by atoms with Gasteiger partial charge in [0, 0.05) is 5.39 Å². The predicted molar refractivity (Wildman–Crippen MR) is 80.6 cm³/mol. The number of aromatic carboxylic acids is 1. The quantitative estimate of drug-likeness (QED) is 0.767. The highest BCUT2D eigenvalue weighted by atomic mass is 16.4. The number of benzene rings is 1. The monoisotopic (exact) mass is 281 g/mol. The third kappa shape index (κ3) is 2.29. The molecule has 0 aliphatic rings. The van der Waals surface area contributed by atoms with Crippen molar-refractivity contribution in [2.75, 3.05) is 0 Å². The Bertz CT molecular complexity index is 862. The summed E-state index contributed by atoms with van der Waals surface area (Å²) in [5, 5.41) is 10.1. The molecule has 0 saturated heterocycles. The van der Waals surface area contributed by atoms with E-state index in [1.165, 1.54) is 0 Å². The number of hydrogen-bond acceptors (Lipinski definition) is 3. The van der Waals surface area contributed by atoms with Crippen LogP contribution in [0.15, 0.2) is 34.7 Å². The fourth-order valence-electron chi connectivity index (χ4n) is 2.56. The Hall–Kier alpha value is -2.62. The van der Waals surface area contributed by atoms with E-state index in [9.17, 15) is 9.90 Å². The van der Waals surface area contributed by atoms with E-state index in [4.69, 9.17) is 4.42 Å². The number of furan rings is 1. The van der Waals surface area contributed by atoms with E-state index in [1.807, 2.05) is 39.0 Å². The topological polar surface area (TPSA) is 63.3 Å². The smallest absolute Gasteiger partial charge is 0.336 e. The second-order valence-corrected chi connectivity index (χ2v) is 5.25. The average molecular weight is 281 g/mol. The molecule has 0 aliphatic carbocycles. The molecule has 0 radical (unpaired) electrons. The maximum atomic E-state index is 11.6. The molecule has 4 heteroatoms. The van der Waals surface area contributed by atoms with Gasteiger partial charge in [0.2, 0.25) is 0 Å². The largest absolute Gasteiger partial charge is 0.478 e. The zero-order valence-electron chi connectivity index (χ0n) is 12.1. The third-order valence-electron chi connectivity index (χ3n) is 3.47. The molecule has 3 aromatic rings. The summed E-state index contributed by atoms with van der Waals surface area (Å²) in [7, 11) is 0. The van der Waals surface area contributed by atoms with E-state index in [0.717, 1.165) is 16.9 Å². The molecule has 0 aliphatic heterocycles. The summed E-state index contributed by atoms with van der Waals surface area (Å²) in [6.45, 7) is 5.73. The summed E-state index contributed by atoms with van der Waals surface area (Å²) in [5.41, 5.74) is 3.46. The lowest BCUT2D eigenvalue weighted by Crippen LogP contribution is -2.01. The molecule has 21 heavy (non-hydrogen) atoms. The average Bonchev–Trinajstić information content (AvgIpc) is 2.84. The van der Waals surface area contributed by atoms with Crippen LogP contribution in [0.2, 0.25) is 0 Å². The molecule has 0 unspecified atom stereocenters. The first-order chi connectivity index (χ1) is 9.95. The summed E-state index contributed by atoms with van der Waals surface area (Å²) in [5.74, 6) is 0.387. The molecule has 1 aromatic carbocycles. The Kier molecular flexibility index (Phi) is 3.01. The minimum Gasteiger partial charge on any atom is -0.478 e. The zero-order chi connectivity index (χ0) is 15.1. The number of rotatable bonds is 2. The van der Waals surface area contributed by atoms with Crippen molar-refractivity contribution in [3.63, 3.8) is 0 Å². The third-order valence-corrected chi connectivity index (χ3v) is 3.47. The van der Waals surface area contributed by atoms with Crippen LogP contribution in [-0.4, -0.2) is 16.1 Å². The van der Waals surface area contributed by atoms with E-state index >= 15 is 0 Å². The Morgan fingerprint density at radius 3 is 2.52 bits per heavy atom. The standard InChI is InChI=1S/C17H15NO3/c1-9-6-10(2)16-12(7-9)13(17(19)20)8-14(18-16)15-5-4-11(3)21-15/h4-8H,1-3H3,(H,19,20). The Morgan fingerprint density at radius 2 is 1.90 bits per heavy atom. The first kappa shape index (κ1) is 13.4. The van der Waals surface area contributed by atoms with Gasteiger partial charge in [-0.3, -0.25) is 0 Å². The molecule has 106 valence electrons. The second kappa shape index (κ2) is 4.74. The first-order valence-corrected chi connectivity index (χ1v) is 6.68. The van der Waals surface area contributed by atoms with Gasteiger partial charge >= 0.3 is 5.97 Å². The molecule has 0 bridgehead atoms. The van der Waals surface area contributed by atoms with Gasteiger partial charge in [-0.05, 0) is 50.6 Å². The van der Waals surface area contributed by atoms with Gasteiger partial charge in [-0.25, -0.2) is 9.78 Å². The minimum atomic E-state index is -0.961. The second-order valence-electron chi connectivity index (χ2n) is 5.25. The highest BCUT2D eigenvalue weighted by Crippen LogP contribution is 2.28. The summed E-state index contributed by atoms with van der Waals surface area (Å²) >= 11 is 0. The van der Waals surface area contributed by atoms with Crippen LogP contribution >= 0.6 is 0 Å². The maximum Gasteiger partial charge on any atom is 0.336 e. The van der Waals surface area contributed by atoms with E-state index in [1.54, 1.807) is 12.1 Å². The number of aryl methyl sites for hydroxylation is 3. The number of fused-ring (bicyclic) bond motifs is 1. The summed E-state index contributed by atoms with van der Waals surface area (Å²) in [6, 6.07) is 9.07. The summed E-state index contributed by atoms with van der Waals surface area (Å²) in [6.07, 6.45) is 0. The zero-order valence-corrected chi connectivity index (χ0v) is 12.1. The Morgan fingerprint density at radius 1 is 1.14 bits per heavy atom. The number of carboxylic acids is 1. The molecule has 0 saturated carbocycles. The number of carboxylic acid groups (broad SMARTS) is 1. The van der Waals surface area contributed by atoms with Crippen LogP contribution in [-0.2, 0) is 0 Å². The number of nitrogens with zero attached hydrogens (tertiary/aromatic N) is 1. The van der Waals surface area contributed by atoms with Crippen molar-refractivity contribution in [2.24, 2.45) is 0 Å². The van der Waals surface area contributed by atoms with Crippen molar-refractivity contribution in [1.29, 1.82) is 0 Å². The van der Waals surface area contributed by atoms with Crippen molar-refractivity contribution in [1.82, 2.24) is 4.98 Å². The van der Waals surface area contributed by atoms with Gasteiger partial charge in [0.15, 0.2) is 5.76 Å². The van der Waals surface area contributed by atoms with E-state index in [2.05, 4.69) is 4.98 Å². The van der Waals surface area contributed by atoms with Crippen LogP contribution in [0.5, 0.6) is 0 Å². The van der Waals surface area contributed by atoms with Gasteiger partial charge in [-0.2, -0.15) is 0 Å². The number of pyridine rings is 1. The normalized spacial score (nSPS) is 11.0. The lowest BCUT2D eigenvalue weighted by molar-refractivity contribution is 0.0699. The fraction of sp³-hybridized carbons (Fsp3) is 0.176. The van der Waals surface area contributed by atoms with Crippen LogP contribution in [0.3, 0.4) is 0 Å². The maximum absolute atomic E-state index is 11.6. The lowest BCUT2D eigenvalue weighted by atomic mass is 10.0. The van der Waals surface area contributed by atoms with Crippen molar-refractivity contribution >= 4 is 16.9 Å². The van der Waals surface area contributed by atoms with E-state index in [-0.39, 0.29) is 5.56 Å². The van der Waals surface area contributed by atoms with E-state index < -0.39 is 5.97 Å². The molecule has 0 fully saturated rings. The molecule has 2 heterocycles. The molecule has 3 rings (SSSR count). The van der Waals surface area contributed by atoms with E-state index in [0.29, 0.717) is 22.4 Å². The highest BCUT2D eigenvalue weighted by Gasteiger charge is 2.16. The molecular formula is C17H15NO3. The van der Waals surface area contributed by atoms with Crippen molar-refractivity contribution < 1.29 is 14.3 Å². The molecule has 0 atom stereocenters. The molecule has 0 spiro atoms. The minimum absolute atomic E-state index is 0.246. The van der Waals surface area contributed by atoms with Crippen LogP contribution in [0.1, 0.15) is 27.2 Å². The van der Waals surface area contributed by atoms with Gasteiger partial charge in [-0.15, -0.1) is 0 Å². The number of carbonyl (C=O) groups is 1. The predicted octanol–water partition coefficient (Wildman–Crippen LogP) is 4.12. The summed E-state index contributed by atoms with van der Waals surface area (Å²) < 4.78 is 5.56. The highest BCUT2D eigenvalue weighted by molar-refractivity contribution is 6.04. The summed E-state index contributed by atoms with van der Waals surface area (Å²) in [4.78, 5) is 16.2. The Labute approximate surface area is 122 Å². The molecular weight excluding hydrogens is 266 g/mol. The van der Waals surface area contributed by atoms with Gasteiger partial charge in [0.25, 0.3) is 0 Å². The van der Waals surface area contributed by atoms with Crippen LogP contribution in [0.25, 0.3) is 22.4 Å². The van der Waals surface area contributed by atoms with Crippen molar-refractivity contribution in [2.45, 2.75) is 20.8 Å². The molecule has 0 amide bonds. The van der Waals surface area contributed by atoms with Gasteiger partial charge in [0.05, 0.1) is 11.1 Å². The molecule has 4 nitrogen and oxygen atoms in total. The molecule has 1 N–H and O–H groups in total. The Balaban J connectivity index is 2.37. The first-order valence-electron chi connectivity index (χ1n) is 6.68. The van der Waals surface area contributed by atoms with Crippen LogP contribution in [0.4, 0.5) is 0 Å². The number of hydrogen-bond donors (Lipinski definition) is 1. The number of aromatic nitrogens is 1. The fourth-order valence-corrected chi connectivity index (χ4v) is 2.56. The lowest BCUT2D eigenvalue weighted by Gasteiger charge is -2.09. The van der Waals surface area contributed by atoms with Gasteiger partial charge < -0.3 is 9.52 Å². The van der Waals surface area contributed by atoms with Crippen LogP contribution < -0.4 is 0 Å². The van der Waals surface area contributed by atoms with Gasteiger partial charge in [0.1, 0.15) is 11.5 Å². The van der Waals surface area contributed by atoms with Crippen LogP contribution in [0, 0.1) is 20.8 Å². The van der Waals surface area contributed by atoms with Crippen molar-refractivity contribution in [3.8, 4) is 11.5 Å². The van der Waals surface area contributed by atoms with Crippen molar-refractivity contribution in [3.05, 3.63) is 52.8 Å². The van der Waals surface area contributed by atoms with Gasteiger partial charge in [-0.1, -0.05) is 11.6 Å².